The molecular weight excluding hydrogens is 248 g/mol. The molecule has 112 valence electrons. The fraction of sp³-hybridized carbons (Fsp3) is 0.812. The summed E-state index contributed by atoms with van der Waals surface area (Å²) in [5.74, 6) is 1.20. The highest BCUT2D eigenvalue weighted by Gasteiger charge is 2.40. The predicted octanol–water partition coefficient (Wildman–Crippen LogP) is 2.39. The molecule has 1 fully saturated rings. The van der Waals surface area contributed by atoms with E-state index in [1.807, 2.05) is 6.20 Å². The lowest BCUT2D eigenvalue weighted by Gasteiger charge is -2.45. The molecule has 0 radical (unpaired) electrons. The molecule has 1 aliphatic carbocycles. The van der Waals surface area contributed by atoms with E-state index in [0.29, 0.717) is 5.41 Å². The average molecular weight is 276 g/mol. The third-order valence-corrected chi connectivity index (χ3v) is 5.56. The number of imidazole rings is 1. The second-order valence-electron chi connectivity index (χ2n) is 7.40. The van der Waals surface area contributed by atoms with Crippen LogP contribution in [0.1, 0.15) is 51.8 Å². The Morgan fingerprint density at radius 2 is 2.05 bits per heavy atom. The second kappa shape index (κ2) is 5.15. The van der Waals surface area contributed by atoms with Gasteiger partial charge in [-0.05, 0) is 31.1 Å². The number of rotatable bonds is 2. The number of nitrogens with zero attached hydrogens (tertiary/aromatic N) is 3. The smallest absolute Gasteiger partial charge is 0.122 e. The highest BCUT2D eigenvalue weighted by Crippen LogP contribution is 2.41. The quantitative estimate of drug-likeness (QED) is 0.844. The number of hydrogen-bond donors (Lipinski definition) is 1. The van der Waals surface area contributed by atoms with Gasteiger partial charge in [0.05, 0.1) is 6.54 Å². The van der Waals surface area contributed by atoms with E-state index >= 15 is 0 Å². The fourth-order valence-electron chi connectivity index (χ4n) is 3.94. The van der Waals surface area contributed by atoms with E-state index in [4.69, 9.17) is 5.73 Å². The molecule has 2 aliphatic rings. The zero-order chi connectivity index (χ0) is 14.2. The summed E-state index contributed by atoms with van der Waals surface area (Å²) in [7, 11) is 0. The maximum Gasteiger partial charge on any atom is 0.122 e. The second-order valence-corrected chi connectivity index (χ2v) is 7.40. The van der Waals surface area contributed by atoms with Crippen LogP contribution in [0.15, 0.2) is 12.4 Å². The van der Waals surface area contributed by atoms with E-state index in [0.717, 1.165) is 26.2 Å². The Balaban J connectivity index is 1.79. The van der Waals surface area contributed by atoms with E-state index in [-0.39, 0.29) is 5.54 Å². The highest BCUT2D eigenvalue weighted by molar-refractivity contribution is 5.02. The van der Waals surface area contributed by atoms with E-state index in [9.17, 15) is 0 Å². The third-order valence-electron chi connectivity index (χ3n) is 5.56. The largest absolute Gasteiger partial charge is 0.333 e. The van der Waals surface area contributed by atoms with Crippen molar-refractivity contribution in [2.75, 3.05) is 13.1 Å². The molecule has 20 heavy (non-hydrogen) atoms. The van der Waals surface area contributed by atoms with Crippen molar-refractivity contribution >= 4 is 0 Å². The molecule has 3 rings (SSSR count). The van der Waals surface area contributed by atoms with Gasteiger partial charge >= 0.3 is 0 Å². The Kier molecular flexibility index (Phi) is 3.63. The first-order chi connectivity index (χ1) is 9.55. The Morgan fingerprint density at radius 1 is 1.20 bits per heavy atom. The van der Waals surface area contributed by atoms with Crippen LogP contribution in [0, 0.1) is 5.41 Å². The fourth-order valence-corrected chi connectivity index (χ4v) is 3.94. The zero-order valence-electron chi connectivity index (χ0n) is 12.9. The van der Waals surface area contributed by atoms with Crippen molar-refractivity contribution in [1.29, 1.82) is 0 Å². The monoisotopic (exact) mass is 276 g/mol. The summed E-state index contributed by atoms with van der Waals surface area (Å²) >= 11 is 0. The van der Waals surface area contributed by atoms with E-state index < -0.39 is 0 Å². The van der Waals surface area contributed by atoms with Crippen molar-refractivity contribution in [1.82, 2.24) is 14.5 Å². The summed E-state index contributed by atoms with van der Waals surface area (Å²) in [6.45, 7) is 8.72. The molecule has 0 spiro atoms. The molecule has 0 aromatic carbocycles. The van der Waals surface area contributed by atoms with Gasteiger partial charge < -0.3 is 10.3 Å². The van der Waals surface area contributed by atoms with Crippen LogP contribution in [0.2, 0.25) is 0 Å². The molecule has 1 atom stereocenters. The predicted molar refractivity (Wildman–Crippen MR) is 81.3 cm³/mol. The standard InChI is InChI=1S/C16H28N4/c1-15(2)4-3-5-16(13-17,7-6-15)20-11-10-19-9-8-18-14(19)12-20/h8-9H,3-7,10-13,17H2,1-2H3. The van der Waals surface area contributed by atoms with Gasteiger partial charge in [-0.2, -0.15) is 0 Å². The molecule has 1 unspecified atom stereocenters. The average Bonchev–Trinajstić information content (AvgIpc) is 2.83. The van der Waals surface area contributed by atoms with Crippen molar-refractivity contribution in [3.8, 4) is 0 Å². The first kappa shape index (κ1) is 14.1. The van der Waals surface area contributed by atoms with Crippen LogP contribution in [0.5, 0.6) is 0 Å². The lowest BCUT2D eigenvalue weighted by molar-refractivity contribution is 0.0475. The van der Waals surface area contributed by atoms with Gasteiger partial charge in [-0.25, -0.2) is 4.98 Å². The molecule has 1 aromatic heterocycles. The van der Waals surface area contributed by atoms with Crippen LogP contribution in [0.25, 0.3) is 0 Å². The van der Waals surface area contributed by atoms with Crippen molar-refractivity contribution in [2.24, 2.45) is 11.1 Å². The van der Waals surface area contributed by atoms with Gasteiger partial charge in [0.1, 0.15) is 5.82 Å². The Morgan fingerprint density at radius 3 is 2.85 bits per heavy atom. The van der Waals surface area contributed by atoms with Gasteiger partial charge in [-0.15, -0.1) is 0 Å². The van der Waals surface area contributed by atoms with Crippen LogP contribution in [-0.4, -0.2) is 33.1 Å². The lowest BCUT2D eigenvalue weighted by atomic mass is 9.82. The van der Waals surface area contributed by atoms with Crippen LogP contribution >= 0.6 is 0 Å². The van der Waals surface area contributed by atoms with Gasteiger partial charge in [0, 0.05) is 37.6 Å². The molecule has 1 aliphatic heterocycles. The maximum atomic E-state index is 6.25. The molecule has 2 N–H and O–H groups in total. The number of fused-ring (bicyclic) bond motifs is 1. The van der Waals surface area contributed by atoms with Crippen LogP contribution < -0.4 is 5.73 Å². The van der Waals surface area contributed by atoms with E-state index in [1.165, 1.54) is 37.9 Å². The zero-order valence-corrected chi connectivity index (χ0v) is 12.9. The van der Waals surface area contributed by atoms with E-state index in [1.54, 1.807) is 0 Å². The van der Waals surface area contributed by atoms with Crippen LogP contribution in [-0.2, 0) is 13.1 Å². The summed E-state index contributed by atoms with van der Waals surface area (Å²) in [6.07, 6.45) is 10.4. The topological polar surface area (TPSA) is 47.1 Å². The molecule has 2 heterocycles. The Bertz CT molecular complexity index is 465. The highest BCUT2D eigenvalue weighted by atomic mass is 15.3. The third kappa shape index (κ3) is 2.51. The molecule has 0 saturated heterocycles. The van der Waals surface area contributed by atoms with Gasteiger partial charge in [0.25, 0.3) is 0 Å². The van der Waals surface area contributed by atoms with Crippen LogP contribution in [0.3, 0.4) is 0 Å². The summed E-state index contributed by atoms with van der Waals surface area (Å²) in [5.41, 5.74) is 6.93. The summed E-state index contributed by atoms with van der Waals surface area (Å²) < 4.78 is 2.28. The first-order valence-electron chi connectivity index (χ1n) is 8.00. The molecule has 4 heteroatoms. The normalized spacial score (nSPS) is 30.8. The summed E-state index contributed by atoms with van der Waals surface area (Å²) in [6, 6.07) is 0. The molecule has 0 bridgehead atoms. The number of hydrogen-bond acceptors (Lipinski definition) is 3. The van der Waals surface area contributed by atoms with E-state index in [2.05, 4.69) is 34.5 Å². The lowest BCUT2D eigenvalue weighted by Crippen LogP contribution is -2.55. The molecule has 0 amide bonds. The minimum absolute atomic E-state index is 0.199. The molecular formula is C16H28N4. The number of aromatic nitrogens is 2. The van der Waals surface area contributed by atoms with Crippen LogP contribution in [0.4, 0.5) is 0 Å². The minimum atomic E-state index is 0.199. The maximum absolute atomic E-state index is 6.25. The van der Waals surface area contributed by atoms with Gasteiger partial charge in [-0.3, -0.25) is 4.90 Å². The van der Waals surface area contributed by atoms with Gasteiger partial charge in [0.15, 0.2) is 0 Å². The molecule has 1 saturated carbocycles. The number of nitrogens with two attached hydrogens (primary N) is 1. The summed E-state index contributed by atoms with van der Waals surface area (Å²) in [4.78, 5) is 7.12. The minimum Gasteiger partial charge on any atom is -0.333 e. The van der Waals surface area contributed by atoms with Crippen molar-refractivity contribution in [3.05, 3.63) is 18.2 Å². The molecule has 1 aromatic rings. The Hall–Kier alpha value is -0.870. The van der Waals surface area contributed by atoms with Crippen molar-refractivity contribution in [2.45, 2.75) is 64.6 Å². The Labute approximate surface area is 122 Å². The first-order valence-corrected chi connectivity index (χ1v) is 8.00. The van der Waals surface area contributed by atoms with Gasteiger partial charge in [-0.1, -0.05) is 20.3 Å². The molecule has 4 nitrogen and oxygen atoms in total. The van der Waals surface area contributed by atoms with Crippen molar-refractivity contribution < 1.29 is 0 Å². The van der Waals surface area contributed by atoms with Crippen molar-refractivity contribution in [3.63, 3.8) is 0 Å². The SMILES string of the molecule is CC1(C)CCCC(CN)(N2CCn3ccnc3C2)CC1. The summed E-state index contributed by atoms with van der Waals surface area (Å²) in [5, 5.41) is 0. The van der Waals surface area contributed by atoms with Gasteiger partial charge in [0.2, 0.25) is 0 Å².